The first kappa shape index (κ1) is 22.1. The molecule has 6 nitrogen and oxygen atoms in total. The summed E-state index contributed by atoms with van der Waals surface area (Å²) in [5, 5.41) is 5.31. The molecule has 0 radical (unpaired) electrons. The van der Waals surface area contributed by atoms with E-state index in [1.807, 2.05) is 66.9 Å². The zero-order chi connectivity index (χ0) is 22.3. The van der Waals surface area contributed by atoms with Gasteiger partial charge in [0.15, 0.2) is 5.16 Å². The lowest BCUT2D eigenvalue weighted by molar-refractivity contribution is -0.113. The lowest BCUT2D eigenvalue weighted by Crippen LogP contribution is -2.24. The van der Waals surface area contributed by atoms with Gasteiger partial charge >= 0.3 is 0 Å². The van der Waals surface area contributed by atoms with Gasteiger partial charge in [0.05, 0.1) is 23.6 Å². The summed E-state index contributed by atoms with van der Waals surface area (Å²) in [6.45, 7) is 2.91. The van der Waals surface area contributed by atoms with E-state index in [0.717, 1.165) is 5.56 Å². The molecule has 0 saturated heterocycles. The summed E-state index contributed by atoms with van der Waals surface area (Å²) >= 11 is 2.66. The number of nitrogens with one attached hydrogen (secondary N) is 1. The van der Waals surface area contributed by atoms with Gasteiger partial charge in [0.2, 0.25) is 5.91 Å². The second-order valence-electron chi connectivity index (χ2n) is 6.99. The zero-order valence-corrected chi connectivity index (χ0v) is 19.2. The van der Waals surface area contributed by atoms with Gasteiger partial charge in [-0.15, -0.1) is 11.3 Å². The van der Waals surface area contributed by atoms with Crippen LogP contribution in [0.15, 0.2) is 76.0 Å². The molecule has 0 spiro atoms. The summed E-state index contributed by atoms with van der Waals surface area (Å²) in [7, 11) is 0. The van der Waals surface area contributed by atoms with E-state index in [1.54, 1.807) is 10.6 Å². The SMILES string of the molecule is CCOc1ccccc1NC(=O)CSc1nc2ccsc2c(=O)n1CCc1ccccc1. The Hall–Kier alpha value is -3.10. The van der Waals surface area contributed by atoms with Crippen molar-refractivity contribution in [3.63, 3.8) is 0 Å². The van der Waals surface area contributed by atoms with Crippen LogP contribution in [0.3, 0.4) is 0 Å². The maximum atomic E-state index is 13.1. The van der Waals surface area contributed by atoms with Gasteiger partial charge in [-0.05, 0) is 42.5 Å². The molecular formula is C24H23N3O3S2. The molecule has 0 unspecified atom stereocenters. The van der Waals surface area contributed by atoms with Crippen LogP contribution in [0.1, 0.15) is 12.5 Å². The minimum atomic E-state index is -0.184. The summed E-state index contributed by atoms with van der Waals surface area (Å²) in [6.07, 6.45) is 0.709. The minimum absolute atomic E-state index is 0.0643. The van der Waals surface area contributed by atoms with Crippen LogP contribution in [0.2, 0.25) is 0 Å². The number of para-hydroxylation sites is 2. The highest BCUT2D eigenvalue weighted by Gasteiger charge is 2.15. The fourth-order valence-electron chi connectivity index (χ4n) is 3.28. The number of thioether (sulfide) groups is 1. The van der Waals surface area contributed by atoms with Crippen molar-refractivity contribution < 1.29 is 9.53 Å². The zero-order valence-electron chi connectivity index (χ0n) is 17.6. The van der Waals surface area contributed by atoms with Crippen LogP contribution in [0, 0.1) is 0 Å². The third kappa shape index (κ3) is 5.20. The predicted molar refractivity (Wildman–Crippen MR) is 131 cm³/mol. The molecule has 0 atom stereocenters. The number of ether oxygens (including phenoxy) is 1. The Morgan fingerprint density at radius 2 is 1.91 bits per heavy atom. The average molecular weight is 466 g/mol. The number of aryl methyl sites for hydroxylation is 1. The van der Waals surface area contributed by atoms with E-state index in [0.29, 0.717) is 46.4 Å². The molecule has 0 saturated carbocycles. The molecule has 2 aromatic carbocycles. The van der Waals surface area contributed by atoms with E-state index in [4.69, 9.17) is 4.74 Å². The lowest BCUT2D eigenvalue weighted by Gasteiger charge is -2.13. The Bertz CT molecular complexity index is 1270. The molecule has 164 valence electrons. The number of benzene rings is 2. The highest BCUT2D eigenvalue weighted by atomic mass is 32.2. The molecular weight excluding hydrogens is 442 g/mol. The first-order valence-corrected chi connectivity index (χ1v) is 12.2. The van der Waals surface area contributed by atoms with Gasteiger partial charge in [0.25, 0.3) is 5.56 Å². The number of aromatic nitrogens is 2. The fourth-order valence-corrected chi connectivity index (χ4v) is 4.89. The highest BCUT2D eigenvalue weighted by molar-refractivity contribution is 7.99. The normalized spacial score (nSPS) is 10.9. The number of hydrogen-bond donors (Lipinski definition) is 1. The monoisotopic (exact) mass is 465 g/mol. The lowest BCUT2D eigenvalue weighted by atomic mass is 10.1. The van der Waals surface area contributed by atoms with E-state index in [9.17, 15) is 9.59 Å². The Morgan fingerprint density at radius 3 is 2.72 bits per heavy atom. The van der Waals surface area contributed by atoms with Crippen LogP contribution < -0.4 is 15.6 Å². The number of anilines is 1. The quantitative estimate of drug-likeness (QED) is 0.283. The Labute approximate surface area is 194 Å². The van der Waals surface area contributed by atoms with E-state index in [2.05, 4.69) is 10.3 Å². The molecule has 4 rings (SSSR count). The van der Waals surface area contributed by atoms with Crippen molar-refractivity contribution >= 4 is 44.9 Å². The van der Waals surface area contributed by atoms with Gasteiger partial charge in [-0.3, -0.25) is 14.2 Å². The average Bonchev–Trinajstić information content (AvgIpc) is 3.28. The molecule has 1 amide bonds. The fraction of sp³-hybridized carbons (Fsp3) is 0.208. The summed E-state index contributed by atoms with van der Waals surface area (Å²) in [6, 6.07) is 19.2. The van der Waals surface area contributed by atoms with Gasteiger partial charge in [-0.2, -0.15) is 0 Å². The molecule has 2 aromatic heterocycles. The summed E-state index contributed by atoms with van der Waals surface area (Å²) in [5.74, 6) is 0.579. The van der Waals surface area contributed by atoms with Crippen molar-refractivity contribution in [2.24, 2.45) is 0 Å². The minimum Gasteiger partial charge on any atom is -0.492 e. The van der Waals surface area contributed by atoms with Gasteiger partial charge in [0.1, 0.15) is 10.4 Å². The van der Waals surface area contributed by atoms with Gasteiger partial charge in [-0.25, -0.2) is 4.98 Å². The summed E-state index contributed by atoms with van der Waals surface area (Å²) < 4.78 is 7.89. The number of thiophene rings is 1. The van der Waals surface area contributed by atoms with Crippen LogP contribution in [-0.4, -0.2) is 27.8 Å². The Morgan fingerprint density at radius 1 is 1.12 bits per heavy atom. The number of nitrogens with zero attached hydrogens (tertiary/aromatic N) is 2. The highest BCUT2D eigenvalue weighted by Crippen LogP contribution is 2.25. The Kier molecular flexibility index (Phi) is 7.24. The number of carbonyl (C=O) groups excluding carboxylic acids is 1. The molecule has 8 heteroatoms. The molecule has 0 bridgehead atoms. The molecule has 0 aliphatic rings. The maximum absolute atomic E-state index is 13.1. The van der Waals surface area contributed by atoms with E-state index in [1.165, 1.54) is 23.1 Å². The smallest absolute Gasteiger partial charge is 0.272 e. The second kappa shape index (κ2) is 10.5. The van der Waals surface area contributed by atoms with Gasteiger partial charge in [-0.1, -0.05) is 54.2 Å². The molecule has 0 aliphatic heterocycles. The number of amides is 1. The predicted octanol–water partition coefficient (Wildman–Crippen LogP) is 4.83. The summed E-state index contributed by atoms with van der Waals surface area (Å²) in [4.78, 5) is 30.4. The van der Waals surface area contributed by atoms with Gasteiger partial charge in [0, 0.05) is 6.54 Å². The number of carbonyl (C=O) groups is 1. The van der Waals surface area contributed by atoms with Crippen molar-refractivity contribution in [1.82, 2.24) is 9.55 Å². The first-order chi connectivity index (χ1) is 15.7. The van der Waals surface area contributed by atoms with Crippen LogP contribution in [0.5, 0.6) is 5.75 Å². The van der Waals surface area contributed by atoms with Crippen LogP contribution in [0.4, 0.5) is 5.69 Å². The number of rotatable bonds is 9. The second-order valence-corrected chi connectivity index (χ2v) is 8.85. The third-order valence-electron chi connectivity index (χ3n) is 4.79. The number of fused-ring (bicyclic) bond motifs is 1. The van der Waals surface area contributed by atoms with Crippen LogP contribution in [0.25, 0.3) is 10.2 Å². The molecule has 2 heterocycles. The first-order valence-electron chi connectivity index (χ1n) is 10.3. The standard InChI is InChI=1S/C24H23N3O3S2/c1-2-30-20-11-7-6-10-18(20)25-21(28)16-32-24-26-19-13-15-31-22(19)23(29)27(24)14-12-17-8-4-3-5-9-17/h3-11,13,15H,2,12,14,16H2,1H3,(H,25,28). The third-order valence-corrected chi connectivity index (χ3v) is 6.66. The van der Waals surface area contributed by atoms with Crippen LogP contribution >= 0.6 is 23.1 Å². The summed E-state index contributed by atoms with van der Waals surface area (Å²) in [5.41, 5.74) is 2.38. The van der Waals surface area contributed by atoms with E-state index in [-0.39, 0.29) is 17.2 Å². The van der Waals surface area contributed by atoms with Crippen molar-refractivity contribution in [2.45, 2.75) is 25.0 Å². The largest absolute Gasteiger partial charge is 0.492 e. The maximum Gasteiger partial charge on any atom is 0.272 e. The topological polar surface area (TPSA) is 73.2 Å². The molecule has 4 aromatic rings. The molecule has 32 heavy (non-hydrogen) atoms. The van der Waals surface area contributed by atoms with Crippen molar-refractivity contribution in [1.29, 1.82) is 0 Å². The Balaban J connectivity index is 1.51. The van der Waals surface area contributed by atoms with E-state index >= 15 is 0 Å². The van der Waals surface area contributed by atoms with Gasteiger partial charge < -0.3 is 10.1 Å². The van der Waals surface area contributed by atoms with Crippen molar-refractivity contribution in [2.75, 3.05) is 17.7 Å². The molecule has 1 N–H and O–H groups in total. The molecule has 0 fully saturated rings. The van der Waals surface area contributed by atoms with Crippen molar-refractivity contribution in [3.8, 4) is 5.75 Å². The number of hydrogen-bond acceptors (Lipinski definition) is 6. The van der Waals surface area contributed by atoms with Crippen LogP contribution in [-0.2, 0) is 17.8 Å². The molecule has 0 aliphatic carbocycles. The van der Waals surface area contributed by atoms with E-state index < -0.39 is 0 Å². The van der Waals surface area contributed by atoms with Crippen molar-refractivity contribution in [3.05, 3.63) is 82.0 Å².